The van der Waals surface area contributed by atoms with Crippen LogP contribution in [0, 0.1) is 0 Å². The van der Waals surface area contributed by atoms with Crippen LogP contribution >= 0.6 is 0 Å². The molecule has 0 spiro atoms. The van der Waals surface area contributed by atoms with Crippen LogP contribution in [0.3, 0.4) is 0 Å². The van der Waals surface area contributed by atoms with Crippen molar-refractivity contribution in [3.63, 3.8) is 0 Å². The lowest BCUT2D eigenvalue weighted by atomic mass is 10.2. The molecule has 0 aromatic rings. The van der Waals surface area contributed by atoms with Gasteiger partial charge in [0, 0.05) is 6.04 Å². The second kappa shape index (κ2) is 7.44. The smallest absolute Gasteiger partial charge is 0.234 e. The average Bonchev–Trinajstić information content (AvgIpc) is 2.77. The van der Waals surface area contributed by atoms with Crippen molar-refractivity contribution in [2.45, 2.75) is 52.0 Å². The summed E-state index contributed by atoms with van der Waals surface area (Å²) in [6.45, 7) is 5.46. The molecule has 0 aliphatic heterocycles. The third-order valence-electron chi connectivity index (χ3n) is 3.06. The zero-order valence-electron chi connectivity index (χ0n) is 10.5. The number of nitrogens with one attached hydrogen (secondary N) is 2. The Bertz CT molecular complexity index is 248. The van der Waals surface area contributed by atoms with Crippen LogP contribution in [0.15, 0.2) is 11.6 Å². The third kappa shape index (κ3) is 5.31. The topological polar surface area (TPSA) is 41.1 Å². The molecular weight excluding hydrogens is 200 g/mol. The van der Waals surface area contributed by atoms with Crippen molar-refractivity contribution in [2.75, 3.05) is 13.1 Å². The number of rotatable bonds is 7. The molecule has 0 saturated carbocycles. The average molecular weight is 224 g/mol. The highest BCUT2D eigenvalue weighted by atomic mass is 16.1. The lowest BCUT2D eigenvalue weighted by Gasteiger charge is -2.11. The fourth-order valence-electron chi connectivity index (χ4n) is 1.84. The van der Waals surface area contributed by atoms with E-state index < -0.39 is 0 Å². The van der Waals surface area contributed by atoms with Crippen LogP contribution in [0.5, 0.6) is 0 Å². The van der Waals surface area contributed by atoms with E-state index in [1.54, 1.807) is 5.57 Å². The van der Waals surface area contributed by atoms with Crippen LogP contribution in [0.2, 0.25) is 0 Å². The Morgan fingerprint density at radius 1 is 1.56 bits per heavy atom. The minimum Gasteiger partial charge on any atom is -0.353 e. The van der Waals surface area contributed by atoms with Crippen molar-refractivity contribution in [2.24, 2.45) is 0 Å². The van der Waals surface area contributed by atoms with E-state index in [4.69, 9.17) is 0 Å². The Balaban J connectivity index is 1.99. The first-order valence-corrected chi connectivity index (χ1v) is 6.40. The van der Waals surface area contributed by atoms with Gasteiger partial charge in [-0.2, -0.15) is 0 Å². The summed E-state index contributed by atoms with van der Waals surface area (Å²) < 4.78 is 0. The minimum absolute atomic E-state index is 0.106. The molecule has 1 aliphatic carbocycles. The highest BCUT2D eigenvalue weighted by Gasteiger charge is 2.06. The summed E-state index contributed by atoms with van der Waals surface area (Å²) in [4.78, 5) is 11.4. The zero-order valence-corrected chi connectivity index (χ0v) is 10.5. The SMILES string of the molecule is CCC(C)NC(=O)CNCCC1=CCCC1. The first kappa shape index (κ1) is 13.2. The number of carbonyl (C=O) groups excluding carboxylic acids is 1. The highest BCUT2D eigenvalue weighted by Crippen LogP contribution is 2.19. The van der Waals surface area contributed by atoms with Crippen LogP contribution in [-0.4, -0.2) is 25.0 Å². The summed E-state index contributed by atoms with van der Waals surface area (Å²) in [6, 6.07) is 0.284. The predicted molar refractivity (Wildman–Crippen MR) is 67.3 cm³/mol. The van der Waals surface area contributed by atoms with Gasteiger partial charge >= 0.3 is 0 Å². The van der Waals surface area contributed by atoms with E-state index in [0.29, 0.717) is 6.54 Å². The van der Waals surface area contributed by atoms with E-state index in [-0.39, 0.29) is 11.9 Å². The summed E-state index contributed by atoms with van der Waals surface area (Å²) in [5, 5.41) is 6.13. The van der Waals surface area contributed by atoms with Gasteiger partial charge in [0.2, 0.25) is 5.91 Å². The van der Waals surface area contributed by atoms with E-state index in [2.05, 4.69) is 23.6 Å². The Morgan fingerprint density at radius 2 is 2.38 bits per heavy atom. The first-order valence-electron chi connectivity index (χ1n) is 6.40. The molecule has 3 nitrogen and oxygen atoms in total. The summed E-state index contributed by atoms with van der Waals surface area (Å²) >= 11 is 0. The Morgan fingerprint density at radius 3 is 3.00 bits per heavy atom. The van der Waals surface area contributed by atoms with Gasteiger partial charge in [0.15, 0.2) is 0 Å². The molecule has 1 aliphatic rings. The lowest BCUT2D eigenvalue weighted by molar-refractivity contribution is -0.120. The van der Waals surface area contributed by atoms with Crippen LogP contribution in [-0.2, 0) is 4.79 Å². The molecule has 0 fully saturated rings. The summed E-state index contributed by atoms with van der Waals surface area (Å²) in [5.41, 5.74) is 1.55. The maximum absolute atomic E-state index is 11.4. The molecule has 0 heterocycles. The molecule has 1 amide bonds. The summed E-state index contributed by atoms with van der Waals surface area (Å²) in [6.07, 6.45) is 8.21. The number of amides is 1. The highest BCUT2D eigenvalue weighted by molar-refractivity contribution is 5.78. The molecule has 0 saturated heterocycles. The quantitative estimate of drug-likeness (QED) is 0.513. The zero-order chi connectivity index (χ0) is 11.8. The van der Waals surface area contributed by atoms with Gasteiger partial charge in [0.1, 0.15) is 0 Å². The van der Waals surface area contributed by atoms with Crippen molar-refractivity contribution in [3.05, 3.63) is 11.6 Å². The number of carbonyl (C=O) groups is 1. The summed E-state index contributed by atoms with van der Waals surface area (Å²) in [5.74, 6) is 0.106. The summed E-state index contributed by atoms with van der Waals surface area (Å²) in [7, 11) is 0. The largest absolute Gasteiger partial charge is 0.353 e. The molecule has 0 aromatic heterocycles. The number of hydrogen-bond donors (Lipinski definition) is 2. The van der Waals surface area contributed by atoms with Gasteiger partial charge < -0.3 is 10.6 Å². The van der Waals surface area contributed by atoms with Crippen molar-refractivity contribution in [1.29, 1.82) is 0 Å². The molecular formula is C13H24N2O. The van der Waals surface area contributed by atoms with E-state index in [1.807, 2.05) is 6.92 Å². The van der Waals surface area contributed by atoms with Gasteiger partial charge in [-0.05, 0) is 45.6 Å². The fourth-order valence-corrected chi connectivity index (χ4v) is 1.84. The number of allylic oxidation sites excluding steroid dienone is 1. The van der Waals surface area contributed by atoms with E-state index in [1.165, 1.54) is 19.3 Å². The van der Waals surface area contributed by atoms with E-state index in [9.17, 15) is 4.79 Å². The van der Waals surface area contributed by atoms with Gasteiger partial charge in [-0.25, -0.2) is 0 Å². The van der Waals surface area contributed by atoms with Gasteiger partial charge in [0.05, 0.1) is 6.54 Å². The van der Waals surface area contributed by atoms with Crippen molar-refractivity contribution in [1.82, 2.24) is 10.6 Å². The molecule has 92 valence electrons. The Kier molecular flexibility index (Phi) is 6.16. The first-order chi connectivity index (χ1) is 7.72. The van der Waals surface area contributed by atoms with Crippen molar-refractivity contribution >= 4 is 5.91 Å². The fraction of sp³-hybridized carbons (Fsp3) is 0.769. The second-order valence-electron chi connectivity index (χ2n) is 4.56. The molecule has 16 heavy (non-hydrogen) atoms. The molecule has 0 radical (unpaired) electrons. The Hall–Kier alpha value is -0.830. The normalized spacial score (nSPS) is 17.0. The molecule has 1 rings (SSSR count). The maximum atomic E-state index is 11.4. The third-order valence-corrected chi connectivity index (χ3v) is 3.06. The molecule has 3 heteroatoms. The molecule has 0 aromatic carbocycles. The van der Waals surface area contributed by atoms with Gasteiger partial charge in [-0.3, -0.25) is 4.79 Å². The van der Waals surface area contributed by atoms with Crippen molar-refractivity contribution in [3.8, 4) is 0 Å². The Labute approximate surface area is 98.7 Å². The van der Waals surface area contributed by atoms with Crippen LogP contribution in [0.25, 0.3) is 0 Å². The monoisotopic (exact) mass is 224 g/mol. The lowest BCUT2D eigenvalue weighted by Crippen LogP contribution is -2.39. The van der Waals surface area contributed by atoms with Crippen LogP contribution in [0.4, 0.5) is 0 Å². The van der Waals surface area contributed by atoms with Crippen LogP contribution < -0.4 is 10.6 Å². The number of hydrogen-bond acceptors (Lipinski definition) is 2. The van der Waals surface area contributed by atoms with E-state index >= 15 is 0 Å². The molecule has 0 bridgehead atoms. The van der Waals surface area contributed by atoms with Gasteiger partial charge in [0.25, 0.3) is 0 Å². The minimum atomic E-state index is 0.106. The molecule has 2 N–H and O–H groups in total. The maximum Gasteiger partial charge on any atom is 0.234 e. The van der Waals surface area contributed by atoms with Crippen molar-refractivity contribution < 1.29 is 4.79 Å². The second-order valence-corrected chi connectivity index (χ2v) is 4.56. The van der Waals surface area contributed by atoms with Gasteiger partial charge in [-0.15, -0.1) is 0 Å². The predicted octanol–water partition coefficient (Wildman–Crippen LogP) is 1.99. The standard InChI is InChI=1S/C13H24N2O/c1-3-11(2)15-13(16)10-14-9-8-12-6-4-5-7-12/h6,11,14H,3-5,7-10H2,1-2H3,(H,15,16). The van der Waals surface area contributed by atoms with Gasteiger partial charge in [-0.1, -0.05) is 18.6 Å². The van der Waals surface area contributed by atoms with E-state index in [0.717, 1.165) is 19.4 Å². The van der Waals surface area contributed by atoms with Crippen LogP contribution in [0.1, 0.15) is 46.0 Å². The molecule has 1 unspecified atom stereocenters. The molecule has 1 atom stereocenters.